The van der Waals surface area contributed by atoms with Crippen molar-refractivity contribution in [2.24, 2.45) is 5.92 Å². The molecule has 29 heavy (non-hydrogen) atoms. The SMILES string of the molecule is C=CC(CC)C(=[C]=[Os]([Cl])[Cl])[P+](c1ccccc1)(c1ccccc1)c1ccccc1. The van der Waals surface area contributed by atoms with Crippen molar-refractivity contribution in [2.75, 3.05) is 0 Å². The first-order valence-corrected chi connectivity index (χ1v) is 18.8. The summed E-state index contributed by atoms with van der Waals surface area (Å²) in [6.07, 6.45) is 2.96. The summed E-state index contributed by atoms with van der Waals surface area (Å²) in [4.78, 5) is 0. The number of benzene rings is 3. The van der Waals surface area contributed by atoms with Crippen molar-refractivity contribution >= 4 is 46.7 Å². The van der Waals surface area contributed by atoms with Crippen molar-refractivity contribution in [3.05, 3.63) is 109 Å². The van der Waals surface area contributed by atoms with Crippen LogP contribution in [-0.4, -0.2) is 4.22 Å². The van der Waals surface area contributed by atoms with Crippen LogP contribution >= 0.6 is 26.5 Å². The van der Waals surface area contributed by atoms with Gasteiger partial charge < -0.3 is 0 Å². The topological polar surface area (TPSA) is 0 Å². The molecule has 0 aliphatic rings. The van der Waals surface area contributed by atoms with Crippen LogP contribution in [0.4, 0.5) is 0 Å². The molecule has 0 radical (unpaired) electrons. The normalized spacial score (nSPS) is 12.6. The monoisotopic (exact) mass is 617 g/mol. The summed E-state index contributed by atoms with van der Waals surface area (Å²) in [6, 6.07) is 32.3. The molecule has 0 aliphatic carbocycles. The zero-order chi connectivity index (χ0) is 20.7. The first kappa shape index (κ1) is 22.4. The average molecular weight is 617 g/mol. The minimum atomic E-state index is -2.53. The molecule has 0 saturated heterocycles. The molecule has 3 aromatic carbocycles. The van der Waals surface area contributed by atoms with Crippen molar-refractivity contribution in [3.8, 4) is 0 Å². The summed E-state index contributed by atoms with van der Waals surface area (Å²) in [5.74, 6) is 0.159. The van der Waals surface area contributed by atoms with E-state index in [1.807, 2.05) is 6.08 Å². The van der Waals surface area contributed by atoms with Crippen LogP contribution in [0.1, 0.15) is 13.3 Å². The van der Waals surface area contributed by atoms with Gasteiger partial charge in [0.1, 0.15) is 0 Å². The van der Waals surface area contributed by atoms with Gasteiger partial charge in [-0.3, -0.25) is 0 Å². The summed E-state index contributed by atoms with van der Waals surface area (Å²) in [5, 5.41) is 5.07. The third kappa shape index (κ3) is 4.73. The zero-order valence-electron chi connectivity index (χ0n) is 16.3. The van der Waals surface area contributed by atoms with Crippen molar-refractivity contribution in [2.45, 2.75) is 13.3 Å². The van der Waals surface area contributed by atoms with E-state index in [9.17, 15) is 0 Å². The van der Waals surface area contributed by atoms with Crippen LogP contribution in [0.3, 0.4) is 0 Å². The van der Waals surface area contributed by atoms with E-state index in [1.165, 1.54) is 21.2 Å². The molecule has 4 heteroatoms. The zero-order valence-corrected chi connectivity index (χ0v) is 21.2. The van der Waals surface area contributed by atoms with Crippen molar-refractivity contribution < 1.29 is 13.8 Å². The fraction of sp³-hybridized carbons (Fsp3) is 0.120. The van der Waals surface area contributed by atoms with Crippen LogP contribution in [0.5, 0.6) is 0 Å². The molecule has 3 rings (SSSR count). The van der Waals surface area contributed by atoms with Gasteiger partial charge in [0.2, 0.25) is 0 Å². The molecule has 0 fully saturated rings. The Morgan fingerprint density at radius 3 is 1.52 bits per heavy atom. The Morgan fingerprint density at radius 1 is 0.862 bits per heavy atom. The van der Waals surface area contributed by atoms with Gasteiger partial charge in [0.15, 0.2) is 0 Å². The third-order valence-electron chi connectivity index (χ3n) is 5.02. The minimum absolute atomic E-state index is 0.159. The van der Waals surface area contributed by atoms with Crippen LogP contribution < -0.4 is 15.9 Å². The van der Waals surface area contributed by atoms with Gasteiger partial charge in [-0.15, -0.1) is 0 Å². The molecule has 3 aromatic rings. The maximum atomic E-state index is 6.49. The maximum absolute atomic E-state index is 6.49. The number of allylic oxidation sites excluding steroid dienone is 2. The molecule has 0 nitrogen and oxygen atoms in total. The Kier molecular flexibility index (Phi) is 8.21. The second-order valence-corrected chi connectivity index (χ2v) is 17.4. The van der Waals surface area contributed by atoms with Gasteiger partial charge in [-0.1, -0.05) is 0 Å². The summed E-state index contributed by atoms with van der Waals surface area (Å²) in [7, 11) is 10.8. The molecule has 0 spiro atoms. The quantitative estimate of drug-likeness (QED) is 0.213. The van der Waals surface area contributed by atoms with Crippen LogP contribution in [0.2, 0.25) is 0 Å². The Hall–Kier alpha value is -1.30. The predicted molar refractivity (Wildman–Crippen MR) is 129 cm³/mol. The molecule has 1 unspecified atom stereocenters. The summed E-state index contributed by atoms with van der Waals surface area (Å²) in [5.41, 5.74) is 0. The predicted octanol–water partition coefficient (Wildman–Crippen LogP) is 6.40. The fourth-order valence-corrected chi connectivity index (χ4v) is 13.1. The summed E-state index contributed by atoms with van der Waals surface area (Å²) in [6.45, 7) is 6.33. The Morgan fingerprint density at radius 2 is 1.24 bits per heavy atom. The molecule has 0 bridgehead atoms. The van der Waals surface area contributed by atoms with E-state index in [1.54, 1.807) is 0 Å². The van der Waals surface area contributed by atoms with Gasteiger partial charge in [0.25, 0.3) is 0 Å². The second-order valence-electron chi connectivity index (χ2n) is 6.59. The molecule has 0 aliphatic heterocycles. The molecule has 0 aromatic heterocycles. The van der Waals surface area contributed by atoms with E-state index >= 15 is 0 Å². The number of hydrogen-bond donors (Lipinski definition) is 0. The van der Waals surface area contributed by atoms with Gasteiger partial charge in [-0.25, -0.2) is 0 Å². The van der Waals surface area contributed by atoms with Crippen LogP contribution in [0, 0.1) is 5.92 Å². The number of rotatable bonds is 7. The number of hydrogen-bond acceptors (Lipinski definition) is 0. The first-order valence-electron chi connectivity index (χ1n) is 9.47. The van der Waals surface area contributed by atoms with E-state index in [-0.39, 0.29) is 5.92 Å². The number of halogens is 2. The third-order valence-corrected chi connectivity index (χ3v) is 12.2. The van der Waals surface area contributed by atoms with Crippen molar-refractivity contribution in [1.29, 1.82) is 0 Å². The molecule has 0 saturated carbocycles. The van der Waals surface area contributed by atoms with Crippen LogP contribution in [0.25, 0.3) is 0 Å². The van der Waals surface area contributed by atoms with Crippen LogP contribution in [0.15, 0.2) is 109 Å². The molecule has 150 valence electrons. The van der Waals surface area contributed by atoms with Crippen molar-refractivity contribution in [3.63, 3.8) is 0 Å². The Labute approximate surface area is 187 Å². The fourth-order valence-electron chi connectivity index (χ4n) is 3.73. The Bertz CT molecular complexity index is 910. The average Bonchev–Trinajstić information content (AvgIpc) is 2.77. The summed E-state index contributed by atoms with van der Waals surface area (Å²) >= 11 is -2.53. The van der Waals surface area contributed by atoms with Gasteiger partial charge in [-0.2, -0.15) is 0 Å². The second kappa shape index (κ2) is 10.6. The first-order chi connectivity index (χ1) is 14.1. The molecule has 1 atom stereocenters. The molecular weight excluding hydrogens is 592 g/mol. The van der Waals surface area contributed by atoms with Crippen LogP contribution in [-0.2, 0) is 13.8 Å². The Balaban J connectivity index is 2.55. The van der Waals surface area contributed by atoms with Gasteiger partial charge in [0.05, 0.1) is 0 Å². The van der Waals surface area contributed by atoms with E-state index in [0.717, 1.165) is 6.42 Å². The van der Waals surface area contributed by atoms with Gasteiger partial charge in [0, 0.05) is 0 Å². The standard InChI is InChI=1S/C25H24P.2ClH.Os/c1-4-22(5-2)21(3)26(23-15-9-6-10-16-23,24-17-11-7-12-18-24)25-19-13-8-14-20-25;;;/h4,6-20,22H,1,5H2,2H3;2*1H;/q+1;;;+2/p-2. The van der Waals surface area contributed by atoms with E-state index < -0.39 is 21.0 Å². The van der Waals surface area contributed by atoms with E-state index in [2.05, 4.69) is 109 Å². The van der Waals surface area contributed by atoms with Crippen molar-refractivity contribution in [1.82, 2.24) is 0 Å². The molecule has 0 amide bonds. The molecular formula is C25H24Cl2OsP+. The van der Waals surface area contributed by atoms with Gasteiger partial charge in [-0.05, 0) is 0 Å². The van der Waals surface area contributed by atoms with E-state index in [0.29, 0.717) is 0 Å². The molecule has 0 N–H and O–H groups in total. The molecule has 0 heterocycles. The van der Waals surface area contributed by atoms with E-state index in [4.69, 9.17) is 19.3 Å². The summed E-state index contributed by atoms with van der Waals surface area (Å²) < 4.78 is 3.62. The van der Waals surface area contributed by atoms with Gasteiger partial charge >= 0.3 is 189 Å².